The molecule has 3 fully saturated rings. The zero-order valence-corrected chi connectivity index (χ0v) is 16.4. The van der Waals surface area contributed by atoms with Crippen molar-refractivity contribution in [1.29, 1.82) is 5.26 Å². The van der Waals surface area contributed by atoms with E-state index in [1.54, 1.807) is 29.6 Å². The van der Waals surface area contributed by atoms with Gasteiger partial charge in [-0.25, -0.2) is 10.4 Å². The smallest absolute Gasteiger partial charge is 0.248 e. The molecular weight excluding hydrogens is 384 g/mol. The average Bonchev–Trinajstić information content (AvgIpc) is 3.37. The topological polar surface area (TPSA) is 129 Å². The van der Waals surface area contributed by atoms with Crippen molar-refractivity contribution in [2.24, 2.45) is 17.3 Å². The standard InChI is InChI=1S/C20H22N8O2/c21-12-20(14-4-5-14)7-9-27(18(20)30)16-6-8-22-19(25-16)24-15-10-23-28(11-15)26-17(29)13-2-1-3-13/h6,8,10-11,13-14H,1-5,7,9H2,(H,26,29)(H,22,24,25)/t20-/m1/s1. The molecule has 1 atom stereocenters. The number of hydrogen-bond acceptors (Lipinski definition) is 7. The van der Waals surface area contributed by atoms with Gasteiger partial charge < -0.3 is 5.32 Å². The minimum atomic E-state index is -0.904. The Balaban J connectivity index is 1.27. The summed E-state index contributed by atoms with van der Waals surface area (Å²) >= 11 is 0. The summed E-state index contributed by atoms with van der Waals surface area (Å²) in [6, 6.07) is 3.95. The number of nitriles is 1. The molecule has 2 amide bonds. The van der Waals surface area contributed by atoms with Crippen LogP contribution in [0.25, 0.3) is 0 Å². The van der Waals surface area contributed by atoms with Crippen LogP contribution in [0.15, 0.2) is 24.7 Å². The zero-order chi connectivity index (χ0) is 20.7. The quantitative estimate of drug-likeness (QED) is 0.750. The number of aromatic nitrogens is 4. The van der Waals surface area contributed by atoms with Crippen LogP contribution in [0.2, 0.25) is 0 Å². The molecule has 3 heterocycles. The van der Waals surface area contributed by atoms with Crippen LogP contribution in [0.1, 0.15) is 38.5 Å². The predicted molar refractivity (Wildman–Crippen MR) is 107 cm³/mol. The van der Waals surface area contributed by atoms with E-state index in [-0.39, 0.29) is 23.7 Å². The number of hydrogen-bond donors (Lipinski definition) is 2. The van der Waals surface area contributed by atoms with Crippen molar-refractivity contribution in [1.82, 2.24) is 19.9 Å². The number of carbonyl (C=O) groups excluding carboxylic acids is 2. The van der Waals surface area contributed by atoms with E-state index in [0.29, 0.717) is 30.4 Å². The Morgan fingerprint density at radius 3 is 2.83 bits per heavy atom. The lowest BCUT2D eigenvalue weighted by molar-refractivity contribution is -0.124. The number of anilines is 3. The van der Waals surface area contributed by atoms with Crippen LogP contribution in [0.5, 0.6) is 0 Å². The van der Waals surface area contributed by atoms with Crippen LogP contribution >= 0.6 is 0 Å². The highest BCUT2D eigenvalue weighted by atomic mass is 16.2. The van der Waals surface area contributed by atoms with Crippen LogP contribution in [-0.2, 0) is 9.59 Å². The summed E-state index contributed by atoms with van der Waals surface area (Å²) in [5, 5.41) is 16.8. The molecule has 0 spiro atoms. The van der Waals surface area contributed by atoms with Gasteiger partial charge in [0, 0.05) is 18.7 Å². The third-order valence-electron chi connectivity index (χ3n) is 6.29. The largest absolute Gasteiger partial charge is 0.321 e. The first-order valence-electron chi connectivity index (χ1n) is 10.3. The lowest BCUT2D eigenvalue weighted by Crippen LogP contribution is -2.35. The highest BCUT2D eigenvalue weighted by Gasteiger charge is 2.57. The molecule has 3 aliphatic rings. The first-order chi connectivity index (χ1) is 14.6. The fourth-order valence-corrected chi connectivity index (χ4v) is 4.12. The molecule has 2 N–H and O–H groups in total. The molecule has 5 rings (SSSR count). The van der Waals surface area contributed by atoms with Crippen molar-refractivity contribution >= 4 is 29.3 Å². The van der Waals surface area contributed by atoms with Gasteiger partial charge in [0.1, 0.15) is 11.2 Å². The average molecular weight is 406 g/mol. The Morgan fingerprint density at radius 2 is 2.13 bits per heavy atom. The summed E-state index contributed by atoms with van der Waals surface area (Å²) in [7, 11) is 0. The maximum Gasteiger partial charge on any atom is 0.248 e. The van der Waals surface area contributed by atoms with Crippen molar-refractivity contribution in [2.45, 2.75) is 38.5 Å². The molecule has 0 aromatic carbocycles. The molecular formula is C20H22N8O2. The van der Waals surface area contributed by atoms with E-state index in [1.807, 2.05) is 0 Å². The third-order valence-corrected chi connectivity index (χ3v) is 6.29. The van der Waals surface area contributed by atoms with E-state index in [9.17, 15) is 14.9 Å². The van der Waals surface area contributed by atoms with Crippen molar-refractivity contribution in [3.05, 3.63) is 24.7 Å². The van der Waals surface area contributed by atoms with Gasteiger partial charge in [-0.05, 0) is 44.1 Å². The van der Waals surface area contributed by atoms with Gasteiger partial charge in [-0.2, -0.15) is 20.1 Å². The molecule has 10 heteroatoms. The Labute approximate surface area is 173 Å². The van der Waals surface area contributed by atoms with Crippen LogP contribution in [0, 0.1) is 28.6 Å². The lowest BCUT2D eigenvalue weighted by atomic mass is 9.83. The van der Waals surface area contributed by atoms with Gasteiger partial charge in [0.05, 0.1) is 24.2 Å². The summed E-state index contributed by atoms with van der Waals surface area (Å²) < 4.78 is 0. The number of carbonyl (C=O) groups is 2. The van der Waals surface area contributed by atoms with Gasteiger partial charge in [0.2, 0.25) is 17.8 Å². The van der Waals surface area contributed by atoms with Crippen LogP contribution < -0.4 is 15.6 Å². The summed E-state index contributed by atoms with van der Waals surface area (Å²) in [5.41, 5.74) is 2.45. The number of rotatable bonds is 6. The zero-order valence-electron chi connectivity index (χ0n) is 16.4. The first-order valence-corrected chi connectivity index (χ1v) is 10.3. The second kappa shape index (κ2) is 7.09. The van der Waals surface area contributed by atoms with E-state index >= 15 is 0 Å². The third kappa shape index (κ3) is 3.16. The van der Waals surface area contributed by atoms with Crippen LogP contribution in [0.4, 0.5) is 17.5 Å². The fourth-order valence-electron chi connectivity index (χ4n) is 4.12. The maximum atomic E-state index is 13.0. The van der Waals surface area contributed by atoms with Crippen LogP contribution in [-0.4, -0.2) is 38.2 Å². The first kappa shape index (κ1) is 18.5. The fraction of sp³-hybridized carbons (Fsp3) is 0.500. The summed E-state index contributed by atoms with van der Waals surface area (Å²) in [4.78, 5) is 36.6. The molecule has 2 aromatic rings. The van der Waals surface area contributed by atoms with E-state index < -0.39 is 5.41 Å². The number of nitrogens with one attached hydrogen (secondary N) is 2. The minimum Gasteiger partial charge on any atom is -0.321 e. The summed E-state index contributed by atoms with van der Waals surface area (Å²) in [6.45, 7) is 0.477. The highest BCUT2D eigenvalue weighted by molar-refractivity contribution is 6.01. The maximum absolute atomic E-state index is 13.0. The molecule has 1 saturated heterocycles. The van der Waals surface area contributed by atoms with Crippen molar-refractivity contribution in [2.75, 3.05) is 22.2 Å². The van der Waals surface area contributed by atoms with Gasteiger partial charge in [-0.15, -0.1) is 0 Å². The van der Waals surface area contributed by atoms with E-state index in [2.05, 4.69) is 31.9 Å². The van der Waals surface area contributed by atoms with Gasteiger partial charge >= 0.3 is 0 Å². The van der Waals surface area contributed by atoms with Gasteiger partial charge in [-0.3, -0.25) is 14.5 Å². The molecule has 10 nitrogen and oxygen atoms in total. The van der Waals surface area contributed by atoms with E-state index in [1.165, 1.54) is 4.79 Å². The summed E-state index contributed by atoms with van der Waals surface area (Å²) in [6.07, 6.45) is 10.1. The van der Waals surface area contributed by atoms with Gasteiger partial charge in [-0.1, -0.05) is 6.42 Å². The minimum absolute atomic E-state index is 0.0293. The normalized spacial score (nSPS) is 23.7. The Hall–Kier alpha value is -3.48. The molecule has 0 unspecified atom stereocenters. The Kier molecular flexibility index (Phi) is 4.38. The van der Waals surface area contributed by atoms with Crippen molar-refractivity contribution in [3.63, 3.8) is 0 Å². The highest BCUT2D eigenvalue weighted by Crippen LogP contribution is 2.51. The molecule has 2 saturated carbocycles. The molecule has 2 aromatic heterocycles. The SMILES string of the molecule is N#C[C@@]1(C2CC2)CCN(c2ccnc(Nc3cnn(NC(=O)C4CCC4)c3)n2)C1=O. The lowest BCUT2D eigenvalue weighted by Gasteiger charge is -2.23. The second-order valence-corrected chi connectivity index (χ2v) is 8.21. The second-order valence-electron chi connectivity index (χ2n) is 8.21. The van der Waals surface area contributed by atoms with Crippen molar-refractivity contribution in [3.8, 4) is 6.07 Å². The van der Waals surface area contributed by atoms with Gasteiger partial charge in [0.25, 0.3) is 0 Å². The Bertz CT molecular complexity index is 1040. The molecule has 1 aliphatic heterocycles. The predicted octanol–water partition coefficient (Wildman–Crippen LogP) is 1.94. The molecule has 2 aliphatic carbocycles. The monoisotopic (exact) mass is 406 g/mol. The number of amides is 2. The molecule has 0 radical (unpaired) electrons. The summed E-state index contributed by atoms with van der Waals surface area (Å²) in [5.74, 6) is 0.828. The number of nitrogens with zero attached hydrogens (tertiary/aromatic N) is 6. The molecule has 30 heavy (non-hydrogen) atoms. The van der Waals surface area contributed by atoms with Gasteiger partial charge in [0.15, 0.2) is 0 Å². The van der Waals surface area contributed by atoms with Crippen LogP contribution in [0.3, 0.4) is 0 Å². The van der Waals surface area contributed by atoms with E-state index in [0.717, 1.165) is 32.1 Å². The molecule has 154 valence electrons. The van der Waals surface area contributed by atoms with Crippen molar-refractivity contribution < 1.29 is 9.59 Å². The van der Waals surface area contributed by atoms with E-state index in [4.69, 9.17) is 0 Å². The Morgan fingerprint density at radius 1 is 1.30 bits per heavy atom. The molecule has 0 bridgehead atoms.